The quantitative estimate of drug-likeness (QED) is 0.414. The highest BCUT2D eigenvalue weighted by molar-refractivity contribution is 5.38. The molecule has 0 radical (unpaired) electrons. The highest BCUT2D eigenvalue weighted by atomic mass is 16.5. The van der Waals surface area contributed by atoms with Gasteiger partial charge in [0.15, 0.2) is 0 Å². The lowest BCUT2D eigenvalue weighted by Crippen LogP contribution is -2.38. The van der Waals surface area contributed by atoms with Crippen molar-refractivity contribution < 1.29 is 9.84 Å². The van der Waals surface area contributed by atoms with Gasteiger partial charge in [-0.2, -0.15) is 0 Å². The van der Waals surface area contributed by atoms with Crippen LogP contribution in [0.2, 0.25) is 0 Å². The second-order valence-corrected chi connectivity index (χ2v) is 10.0. The van der Waals surface area contributed by atoms with Crippen LogP contribution in [0, 0.1) is 11.8 Å². The van der Waals surface area contributed by atoms with Crippen molar-refractivity contribution in [2.45, 2.75) is 50.7 Å². The topological polar surface area (TPSA) is 32.7 Å². The van der Waals surface area contributed by atoms with Crippen LogP contribution in [0.25, 0.3) is 0 Å². The summed E-state index contributed by atoms with van der Waals surface area (Å²) in [5, 5.41) is 9.54. The monoisotopic (exact) mass is 467 g/mol. The van der Waals surface area contributed by atoms with Crippen LogP contribution >= 0.6 is 0 Å². The Kier molecular flexibility index (Phi) is 8.77. The Morgan fingerprint density at radius 1 is 0.886 bits per heavy atom. The second-order valence-electron chi connectivity index (χ2n) is 10.0. The molecule has 0 amide bonds. The number of likely N-dealkylation sites (tertiary alicyclic amines) is 1. The highest BCUT2D eigenvalue weighted by Gasteiger charge is 2.24. The van der Waals surface area contributed by atoms with E-state index in [2.05, 4.69) is 102 Å². The average molecular weight is 468 g/mol. The molecule has 1 aliphatic heterocycles. The van der Waals surface area contributed by atoms with Gasteiger partial charge in [0.25, 0.3) is 0 Å². The summed E-state index contributed by atoms with van der Waals surface area (Å²) in [6.07, 6.45) is 3.21. The summed E-state index contributed by atoms with van der Waals surface area (Å²) in [4.78, 5) is 2.50. The highest BCUT2D eigenvalue weighted by Crippen LogP contribution is 2.30. The minimum atomic E-state index is -0.218. The zero-order valence-electron chi connectivity index (χ0n) is 21.0. The molecule has 0 bridgehead atoms. The molecule has 0 saturated carbocycles. The number of piperidine rings is 1. The van der Waals surface area contributed by atoms with Crippen molar-refractivity contribution in [2.75, 3.05) is 26.2 Å². The van der Waals surface area contributed by atoms with E-state index in [-0.39, 0.29) is 24.2 Å². The van der Waals surface area contributed by atoms with Gasteiger partial charge in [-0.3, -0.25) is 0 Å². The largest absolute Gasteiger partial charge is 0.395 e. The first-order valence-corrected chi connectivity index (χ1v) is 12.7. The normalized spacial score (nSPS) is 15.1. The molecule has 1 heterocycles. The van der Waals surface area contributed by atoms with Crippen LogP contribution in [0.3, 0.4) is 0 Å². The van der Waals surface area contributed by atoms with Gasteiger partial charge in [-0.1, -0.05) is 98.5 Å². The molecule has 1 saturated heterocycles. The molecular weight excluding hydrogens is 430 g/mol. The molecule has 3 aromatic carbocycles. The molecule has 3 nitrogen and oxygen atoms in total. The van der Waals surface area contributed by atoms with Gasteiger partial charge in [0.05, 0.1) is 12.7 Å². The number of rotatable bonds is 8. The molecule has 0 aliphatic carbocycles. The number of hydrogen-bond donors (Lipinski definition) is 1. The fourth-order valence-electron chi connectivity index (χ4n) is 4.54. The molecule has 35 heavy (non-hydrogen) atoms. The van der Waals surface area contributed by atoms with Crippen molar-refractivity contribution in [1.82, 2.24) is 4.90 Å². The average Bonchev–Trinajstić information content (AvgIpc) is 2.92. The van der Waals surface area contributed by atoms with Crippen molar-refractivity contribution in [3.05, 3.63) is 107 Å². The first-order chi connectivity index (χ1) is 17.0. The van der Waals surface area contributed by atoms with E-state index in [1.165, 1.54) is 11.1 Å². The Morgan fingerprint density at radius 2 is 1.46 bits per heavy atom. The van der Waals surface area contributed by atoms with Gasteiger partial charge in [-0.25, -0.2) is 0 Å². The summed E-state index contributed by atoms with van der Waals surface area (Å²) in [7, 11) is 0. The minimum Gasteiger partial charge on any atom is -0.395 e. The Balaban J connectivity index is 1.26. The standard InChI is InChI=1S/C32H37NO2/c1-32(2,25-34)29-18-16-26(17-19-29)11-9-10-22-33-23-20-30(21-24-33)35-31(27-12-5-3-6-13-27)28-14-7-4-8-15-28/h3-8,12-19,30-31,34H,10,20-25H2,1-2H3. The zero-order chi connectivity index (χ0) is 24.5. The summed E-state index contributed by atoms with van der Waals surface area (Å²) >= 11 is 0. The van der Waals surface area contributed by atoms with Crippen LogP contribution in [0.5, 0.6) is 0 Å². The van der Waals surface area contributed by atoms with Crippen molar-refractivity contribution in [2.24, 2.45) is 0 Å². The molecule has 1 N–H and O–H groups in total. The molecule has 1 fully saturated rings. The van der Waals surface area contributed by atoms with Crippen molar-refractivity contribution in [1.29, 1.82) is 0 Å². The predicted molar refractivity (Wildman–Crippen MR) is 143 cm³/mol. The molecule has 3 heteroatoms. The molecule has 0 spiro atoms. The fraction of sp³-hybridized carbons (Fsp3) is 0.375. The Hall–Kier alpha value is -2.90. The van der Waals surface area contributed by atoms with Gasteiger partial charge in [0.2, 0.25) is 0 Å². The van der Waals surface area contributed by atoms with E-state index < -0.39 is 0 Å². The fourth-order valence-corrected chi connectivity index (χ4v) is 4.54. The molecule has 0 atom stereocenters. The number of aliphatic hydroxyl groups excluding tert-OH is 1. The molecule has 0 aromatic heterocycles. The van der Waals surface area contributed by atoms with E-state index in [9.17, 15) is 5.11 Å². The predicted octanol–water partition coefficient (Wildman–Crippen LogP) is 5.97. The van der Waals surface area contributed by atoms with E-state index in [0.717, 1.165) is 50.0 Å². The van der Waals surface area contributed by atoms with Crippen LogP contribution in [-0.4, -0.2) is 42.4 Å². The van der Waals surface area contributed by atoms with Crippen LogP contribution in [-0.2, 0) is 10.2 Å². The third kappa shape index (κ3) is 7.05. The maximum absolute atomic E-state index is 9.54. The second kappa shape index (κ2) is 12.2. The lowest BCUT2D eigenvalue weighted by atomic mass is 9.85. The van der Waals surface area contributed by atoms with Crippen LogP contribution in [0.1, 0.15) is 61.5 Å². The molecule has 3 aromatic rings. The lowest BCUT2D eigenvalue weighted by molar-refractivity contribution is -0.0266. The third-order valence-corrected chi connectivity index (χ3v) is 6.92. The number of benzene rings is 3. The number of nitrogens with zero attached hydrogens (tertiary/aromatic N) is 1. The molecule has 182 valence electrons. The van der Waals surface area contributed by atoms with Gasteiger partial charge in [0.1, 0.15) is 6.10 Å². The first-order valence-electron chi connectivity index (χ1n) is 12.7. The minimum absolute atomic E-state index is 0.0193. The molecule has 0 unspecified atom stereocenters. The van der Waals surface area contributed by atoms with Gasteiger partial charge >= 0.3 is 0 Å². The number of aliphatic hydroxyl groups is 1. The zero-order valence-corrected chi connectivity index (χ0v) is 21.0. The van der Waals surface area contributed by atoms with Crippen molar-refractivity contribution in [3.8, 4) is 11.8 Å². The number of ether oxygens (including phenoxy) is 1. The van der Waals surface area contributed by atoms with E-state index >= 15 is 0 Å². The van der Waals surface area contributed by atoms with Crippen LogP contribution < -0.4 is 0 Å². The summed E-state index contributed by atoms with van der Waals surface area (Å²) in [6, 6.07) is 29.3. The maximum atomic E-state index is 9.54. The molecule has 4 rings (SSSR count). The SMILES string of the molecule is CC(C)(CO)c1ccc(C#CCCN2CCC(OC(c3ccccc3)c3ccccc3)CC2)cc1. The van der Waals surface area contributed by atoms with E-state index in [1.54, 1.807) is 0 Å². The molecular formula is C32H37NO2. The summed E-state index contributed by atoms with van der Waals surface area (Å²) in [5.74, 6) is 6.62. The van der Waals surface area contributed by atoms with Gasteiger partial charge in [-0.05, 0) is 41.7 Å². The van der Waals surface area contributed by atoms with Gasteiger partial charge in [0, 0.05) is 37.0 Å². The molecule has 1 aliphatic rings. The smallest absolute Gasteiger partial charge is 0.108 e. The number of hydrogen-bond acceptors (Lipinski definition) is 3. The summed E-state index contributed by atoms with van der Waals surface area (Å²) in [5.41, 5.74) is 4.37. The summed E-state index contributed by atoms with van der Waals surface area (Å²) in [6.45, 7) is 7.33. The van der Waals surface area contributed by atoms with Crippen molar-refractivity contribution in [3.63, 3.8) is 0 Å². The Labute approximate surface area is 210 Å². The van der Waals surface area contributed by atoms with Crippen molar-refractivity contribution >= 4 is 0 Å². The van der Waals surface area contributed by atoms with Gasteiger partial charge in [-0.15, -0.1) is 0 Å². The lowest BCUT2D eigenvalue weighted by Gasteiger charge is -2.34. The van der Waals surface area contributed by atoms with E-state index in [1.807, 2.05) is 13.8 Å². The van der Waals surface area contributed by atoms with Crippen LogP contribution in [0.4, 0.5) is 0 Å². The van der Waals surface area contributed by atoms with E-state index in [4.69, 9.17) is 4.74 Å². The Morgan fingerprint density at radius 3 is 2.00 bits per heavy atom. The third-order valence-electron chi connectivity index (χ3n) is 6.92. The first kappa shape index (κ1) is 25.2. The van der Waals surface area contributed by atoms with E-state index in [0.29, 0.717) is 0 Å². The summed E-state index contributed by atoms with van der Waals surface area (Å²) < 4.78 is 6.67. The van der Waals surface area contributed by atoms with Gasteiger partial charge < -0.3 is 14.7 Å². The van der Waals surface area contributed by atoms with Crippen LogP contribution in [0.15, 0.2) is 84.9 Å². The Bertz CT molecular complexity index is 1050. The maximum Gasteiger partial charge on any atom is 0.108 e.